The maximum Gasteiger partial charge on any atom is 0.0551 e. The van der Waals surface area contributed by atoms with Gasteiger partial charge in [-0.3, -0.25) is 0 Å². The van der Waals surface area contributed by atoms with E-state index in [9.17, 15) is 0 Å². The first-order valence-electron chi connectivity index (χ1n) is 5.35. The van der Waals surface area contributed by atoms with Crippen molar-refractivity contribution in [3.8, 4) is 0 Å². The number of nitrogens with two attached hydrogens (primary N) is 2. The molecule has 0 aliphatic heterocycles. The second-order valence-electron chi connectivity index (χ2n) is 4.00. The van der Waals surface area contributed by atoms with E-state index in [4.69, 9.17) is 11.5 Å². The fourth-order valence-electron chi connectivity index (χ4n) is 1.75. The van der Waals surface area contributed by atoms with Gasteiger partial charge in [0.05, 0.1) is 6.04 Å². The van der Waals surface area contributed by atoms with Crippen LogP contribution in [0.15, 0.2) is 48.5 Å². The Morgan fingerprint density at radius 2 is 1.62 bits per heavy atom. The summed E-state index contributed by atoms with van der Waals surface area (Å²) in [6, 6.07) is 15.9. The molecule has 0 heterocycles. The highest BCUT2D eigenvalue weighted by atomic mass is 14.6. The Kier molecular flexibility index (Phi) is 2.93. The first-order valence-corrected chi connectivity index (χ1v) is 5.35. The predicted octanol–water partition coefficient (Wildman–Crippen LogP) is 2.63. The summed E-state index contributed by atoms with van der Waals surface area (Å²) in [6.45, 7) is 2.00. The van der Waals surface area contributed by atoms with Crippen molar-refractivity contribution < 1.29 is 0 Å². The molecule has 0 aromatic heterocycles. The van der Waals surface area contributed by atoms with E-state index in [0.717, 1.165) is 22.4 Å². The molecule has 2 aromatic carbocycles. The van der Waals surface area contributed by atoms with Gasteiger partial charge in [-0.25, -0.2) is 0 Å². The molecule has 2 nitrogen and oxygen atoms in total. The number of nitrogen functional groups attached to an aromatic ring is 1. The Balaban J connectivity index is 2.34. The molecule has 1 atom stereocenters. The Morgan fingerprint density at radius 1 is 0.938 bits per heavy atom. The highest BCUT2D eigenvalue weighted by Gasteiger charge is 2.08. The van der Waals surface area contributed by atoms with Crippen LogP contribution in [0.5, 0.6) is 0 Å². The molecule has 0 fully saturated rings. The lowest BCUT2D eigenvalue weighted by Crippen LogP contribution is -2.12. The maximum absolute atomic E-state index is 6.19. The molecular weight excluding hydrogens is 196 g/mol. The van der Waals surface area contributed by atoms with Gasteiger partial charge in [-0.15, -0.1) is 0 Å². The first-order chi connectivity index (χ1) is 7.68. The lowest BCUT2D eigenvalue weighted by atomic mass is 9.98. The van der Waals surface area contributed by atoms with Crippen LogP contribution < -0.4 is 11.5 Å². The number of aryl methyl sites for hydroxylation is 1. The molecule has 0 saturated heterocycles. The molecule has 0 radical (unpaired) electrons. The summed E-state index contributed by atoms with van der Waals surface area (Å²) in [4.78, 5) is 0. The van der Waals surface area contributed by atoms with Gasteiger partial charge < -0.3 is 11.5 Å². The molecule has 0 unspecified atom stereocenters. The van der Waals surface area contributed by atoms with Gasteiger partial charge in [0.2, 0.25) is 0 Å². The number of hydrogen-bond donors (Lipinski definition) is 2. The van der Waals surface area contributed by atoms with Gasteiger partial charge in [0.1, 0.15) is 0 Å². The van der Waals surface area contributed by atoms with Crippen molar-refractivity contribution in [2.75, 3.05) is 5.73 Å². The molecule has 0 aliphatic rings. The summed E-state index contributed by atoms with van der Waals surface area (Å²) in [5.74, 6) is 0. The van der Waals surface area contributed by atoms with Crippen LogP contribution in [-0.4, -0.2) is 0 Å². The molecular formula is C14H16N2. The van der Waals surface area contributed by atoms with Crippen molar-refractivity contribution in [1.29, 1.82) is 0 Å². The lowest BCUT2D eigenvalue weighted by molar-refractivity contribution is 0.870. The SMILES string of the molecule is Cc1cc([C@H](N)c2ccccc2)ccc1N. The van der Waals surface area contributed by atoms with E-state index in [1.807, 2.05) is 55.5 Å². The average molecular weight is 212 g/mol. The lowest BCUT2D eigenvalue weighted by Gasteiger charge is -2.13. The summed E-state index contributed by atoms with van der Waals surface area (Å²) in [6.07, 6.45) is 0. The summed E-state index contributed by atoms with van der Waals surface area (Å²) in [7, 11) is 0. The molecule has 16 heavy (non-hydrogen) atoms. The van der Waals surface area contributed by atoms with Gasteiger partial charge in [0, 0.05) is 5.69 Å². The number of anilines is 1. The highest BCUT2D eigenvalue weighted by molar-refractivity contribution is 5.49. The van der Waals surface area contributed by atoms with Crippen LogP contribution in [0.25, 0.3) is 0 Å². The molecule has 0 spiro atoms. The molecule has 0 aliphatic carbocycles. The van der Waals surface area contributed by atoms with E-state index in [2.05, 4.69) is 0 Å². The fourth-order valence-corrected chi connectivity index (χ4v) is 1.75. The zero-order chi connectivity index (χ0) is 11.5. The van der Waals surface area contributed by atoms with Gasteiger partial charge in [-0.2, -0.15) is 0 Å². The third kappa shape index (κ3) is 2.07. The maximum atomic E-state index is 6.19. The Bertz CT molecular complexity index is 477. The Labute approximate surface area is 95.9 Å². The average Bonchev–Trinajstić information content (AvgIpc) is 2.33. The summed E-state index contributed by atoms with van der Waals surface area (Å²) >= 11 is 0. The second-order valence-corrected chi connectivity index (χ2v) is 4.00. The summed E-state index contributed by atoms with van der Waals surface area (Å²) < 4.78 is 0. The monoisotopic (exact) mass is 212 g/mol. The zero-order valence-corrected chi connectivity index (χ0v) is 9.35. The molecule has 0 bridgehead atoms. The second kappa shape index (κ2) is 4.37. The van der Waals surface area contributed by atoms with E-state index in [0.29, 0.717) is 0 Å². The predicted molar refractivity (Wildman–Crippen MR) is 68.1 cm³/mol. The van der Waals surface area contributed by atoms with Crippen LogP contribution in [0.1, 0.15) is 22.7 Å². The van der Waals surface area contributed by atoms with Crippen molar-refractivity contribution in [2.45, 2.75) is 13.0 Å². The van der Waals surface area contributed by atoms with E-state index in [-0.39, 0.29) is 6.04 Å². The van der Waals surface area contributed by atoms with E-state index in [1.165, 1.54) is 0 Å². The minimum atomic E-state index is -0.0829. The van der Waals surface area contributed by atoms with E-state index >= 15 is 0 Å². The first kappa shape index (κ1) is 10.7. The third-order valence-electron chi connectivity index (χ3n) is 2.81. The molecule has 2 rings (SSSR count). The molecule has 2 heteroatoms. The molecule has 0 amide bonds. The number of benzene rings is 2. The van der Waals surface area contributed by atoms with Crippen LogP contribution in [0.2, 0.25) is 0 Å². The number of rotatable bonds is 2. The summed E-state index contributed by atoms with van der Waals surface area (Å²) in [5, 5.41) is 0. The molecule has 82 valence electrons. The van der Waals surface area contributed by atoms with Crippen molar-refractivity contribution >= 4 is 5.69 Å². The van der Waals surface area contributed by atoms with Gasteiger partial charge >= 0.3 is 0 Å². The largest absolute Gasteiger partial charge is 0.399 e. The highest BCUT2D eigenvalue weighted by Crippen LogP contribution is 2.22. The van der Waals surface area contributed by atoms with Crippen LogP contribution in [0, 0.1) is 6.92 Å². The van der Waals surface area contributed by atoms with Crippen molar-refractivity contribution in [1.82, 2.24) is 0 Å². The Morgan fingerprint density at radius 3 is 2.25 bits per heavy atom. The summed E-state index contributed by atoms with van der Waals surface area (Å²) in [5.41, 5.74) is 16.1. The van der Waals surface area contributed by atoms with Crippen molar-refractivity contribution in [3.05, 3.63) is 65.2 Å². The van der Waals surface area contributed by atoms with Gasteiger partial charge in [0.25, 0.3) is 0 Å². The van der Waals surface area contributed by atoms with Crippen molar-refractivity contribution in [2.24, 2.45) is 5.73 Å². The van der Waals surface area contributed by atoms with Gasteiger partial charge in [-0.05, 0) is 29.7 Å². The normalized spacial score (nSPS) is 12.4. The smallest absolute Gasteiger partial charge is 0.0551 e. The van der Waals surface area contributed by atoms with E-state index in [1.54, 1.807) is 0 Å². The fraction of sp³-hybridized carbons (Fsp3) is 0.143. The minimum Gasteiger partial charge on any atom is -0.399 e. The van der Waals surface area contributed by atoms with Crippen LogP contribution in [0.3, 0.4) is 0 Å². The standard InChI is InChI=1S/C14H16N2/c1-10-9-12(7-8-13(10)15)14(16)11-5-3-2-4-6-11/h2-9,14H,15-16H2,1H3/t14-/m1/s1. The third-order valence-corrected chi connectivity index (χ3v) is 2.81. The molecule has 4 N–H and O–H groups in total. The molecule has 2 aromatic rings. The Hall–Kier alpha value is -1.80. The van der Waals surface area contributed by atoms with Crippen LogP contribution in [-0.2, 0) is 0 Å². The minimum absolute atomic E-state index is 0.0829. The zero-order valence-electron chi connectivity index (χ0n) is 9.35. The van der Waals surface area contributed by atoms with Crippen LogP contribution in [0.4, 0.5) is 5.69 Å². The van der Waals surface area contributed by atoms with E-state index < -0.39 is 0 Å². The van der Waals surface area contributed by atoms with Gasteiger partial charge in [0.15, 0.2) is 0 Å². The number of hydrogen-bond acceptors (Lipinski definition) is 2. The quantitative estimate of drug-likeness (QED) is 0.752. The van der Waals surface area contributed by atoms with Crippen LogP contribution >= 0.6 is 0 Å². The molecule has 0 saturated carbocycles. The topological polar surface area (TPSA) is 52.0 Å². The van der Waals surface area contributed by atoms with Gasteiger partial charge in [-0.1, -0.05) is 42.5 Å². The van der Waals surface area contributed by atoms with Crippen molar-refractivity contribution in [3.63, 3.8) is 0 Å².